The molecule has 19 heteroatoms. The van der Waals surface area contributed by atoms with Crippen LogP contribution >= 0.6 is 11.8 Å². The van der Waals surface area contributed by atoms with Crippen LogP contribution in [0.4, 0.5) is 0 Å². The molecule has 0 bridgehead atoms. The van der Waals surface area contributed by atoms with Crippen molar-refractivity contribution in [2.24, 2.45) is 29.2 Å². The number of rotatable bonds is 26. The Balaban J connectivity index is 2.22. The van der Waals surface area contributed by atoms with E-state index in [0.717, 1.165) is 6.42 Å². The van der Waals surface area contributed by atoms with Gasteiger partial charge in [0.05, 0.1) is 12.4 Å². The Morgan fingerprint density at radius 1 is 0.845 bits per heavy atom. The summed E-state index contributed by atoms with van der Waals surface area (Å²) in [6.45, 7) is 11.8. The lowest BCUT2D eigenvalue weighted by atomic mass is 10.00. The number of nitrogens with two attached hydrogens (primary N) is 2. The molecule has 1 aliphatic heterocycles. The van der Waals surface area contributed by atoms with Crippen molar-refractivity contribution in [1.29, 1.82) is 0 Å². The number of carbonyl (C=O) groups excluding carboxylic acids is 6. The van der Waals surface area contributed by atoms with Crippen LogP contribution in [0.1, 0.15) is 98.6 Å². The van der Waals surface area contributed by atoms with Gasteiger partial charge in [0.2, 0.25) is 35.4 Å². The fourth-order valence-corrected chi connectivity index (χ4v) is 7.18. The average molecular weight is 837 g/mol. The molecule has 1 aromatic heterocycles. The van der Waals surface area contributed by atoms with Gasteiger partial charge in [-0.15, -0.1) is 0 Å². The SMILES string of the molecule is CSCC[C@H](NC(=O)[C@H](CC(C)C)NC(=O)[C@@H](N)CCCCN)C(=O)N[C@H](C(=O)N1CCC[C@H]1C(=O)N[C@@H](CC(C)C)C(=O)N[C@@H](Cc1cnc[nH]1)C(=O)O)C(C)C. The molecular weight excluding hydrogens is 769 g/mol. The maximum absolute atomic E-state index is 14.2. The summed E-state index contributed by atoms with van der Waals surface area (Å²) in [5.74, 6) is -4.48. The molecule has 58 heavy (non-hydrogen) atoms. The van der Waals surface area contributed by atoms with Crippen molar-refractivity contribution in [3.63, 3.8) is 0 Å². The van der Waals surface area contributed by atoms with Crippen LogP contribution in [-0.4, -0.2) is 129 Å². The number of H-pyrrole nitrogens is 1. The topological polar surface area (TPSA) is 284 Å². The van der Waals surface area contributed by atoms with E-state index in [2.05, 4.69) is 36.6 Å². The van der Waals surface area contributed by atoms with Crippen molar-refractivity contribution in [3.05, 3.63) is 18.2 Å². The van der Waals surface area contributed by atoms with Crippen LogP contribution in [0.5, 0.6) is 0 Å². The molecule has 18 nitrogen and oxygen atoms in total. The number of amides is 6. The second-order valence-corrected chi connectivity index (χ2v) is 17.2. The number of likely N-dealkylation sites (tertiary alicyclic amines) is 1. The fraction of sp³-hybridized carbons (Fsp3) is 0.744. The summed E-state index contributed by atoms with van der Waals surface area (Å²) in [5.41, 5.74) is 12.2. The number of hydrogen-bond donors (Lipinski definition) is 9. The quantitative estimate of drug-likeness (QED) is 0.0574. The van der Waals surface area contributed by atoms with E-state index in [1.165, 1.54) is 29.2 Å². The number of thioether (sulfide) groups is 1. The number of aromatic amines is 1. The maximum Gasteiger partial charge on any atom is 0.326 e. The highest BCUT2D eigenvalue weighted by Gasteiger charge is 2.41. The molecule has 7 atom stereocenters. The highest BCUT2D eigenvalue weighted by atomic mass is 32.2. The molecule has 6 amide bonds. The first-order valence-corrected chi connectivity index (χ1v) is 21.8. The van der Waals surface area contributed by atoms with Gasteiger partial charge in [-0.25, -0.2) is 9.78 Å². The Bertz CT molecular complexity index is 1490. The number of nitrogens with one attached hydrogen (secondary N) is 6. The molecule has 0 saturated carbocycles. The molecule has 2 rings (SSSR count). The van der Waals surface area contributed by atoms with E-state index in [1.54, 1.807) is 13.8 Å². The predicted molar refractivity (Wildman–Crippen MR) is 222 cm³/mol. The zero-order valence-electron chi connectivity index (χ0n) is 35.2. The number of carboxylic acid groups (broad SMARTS) is 1. The standard InChI is InChI=1S/C39H68N10O8S/c1-22(2)17-28(45-33(50)26(41)11-8-9-14-40)35(52)44-27(13-16-58-7)34(51)48-32(24(5)6)38(55)49-15-10-12-31(49)37(54)46-29(18-23(3)4)36(53)47-30(39(56)57)19-25-20-42-21-43-25/h20-24,26-32H,8-19,40-41H2,1-7H3,(H,42,43)(H,44,52)(H,45,50)(H,46,54)(H,47,53)(H,48,51)(H,56,57)/t26-,27-,28-,29-,30-,31-,32-/m0/s1. The first-order valence-electron chi connectivity index (χ1n) is 20.4. The summed E-state index contributed by atoms with van der Waals surface area (Å²) in [4.78, 5) is 102. The first-order chi connectivity index (χ1) is 27.4. The third-order valence-electron chi connectivity index (χ3n) is 9.89. The number of hydrogen-bond acceptors (Lipinski definition) is 11. The lowest BCUT2D eigenvalue weighted by Crippen LogP contribution is -2.60. The lowest BCUT2D eigenvalue weighted by molar-refractivity contribution is -0.144. The normalized spacial score (nSPS) is 17.2. The Hall–Kier alpha value is -4.23. The molecule has 0 aliphatic carbocycles. The molecule has 1 fully saturated rings. The van der Waals surface area contributed by atoms with Gasteiger partial charge in [-0.3, -0.25) is 28.8 Å². The van der Waals surface area contributed by atoms with Crippen molar-refractivity contribution in [3.8, 4) is 0 Å². The van der Waals surface area contributed by atoms with E-state index in [1.807, 2.05) is 34.0 Å². The zero-order chi connectivity index (χ0) is 43.5. The van der Waals surface area contributed by atoms with Crippen molar-refractivity contribution in [2.75, 3.05) is 25.1 Å². The Kier molecular flexibility index (Phi) is 21.8. The van der Waals surface area contributed by atoms with E-state index in [-0.39, 0.29) is 37.6 Å². The van der Waals surface area contributed by atoms with Gasteiger partial charge in [0.15, 0.2) is 0 Å². The molecule has 1 aromatic rings. The van der Waals surface area contributed by atoms with Crippen LogP contribution in [0.2, 0.25) is 0 Å². The number of nitrogens with zero attached hydrogens (tertiary/aromatic N) is 2. The van der Waals surface area contributed by atoms with Crippen LogP contribution in [-0.2, 0) is 40.0 Å². The molecule has 0 unspecified atom stereocenters. The minimum atomic E-state index is -1.28. The number of aromatic nitrogens is 2. The number of imidazole rings is 1. The first kappa shape index (κ1) is 49.9. The van der Waals surface area contributed by atoms with Gasteiger partial charge < -0.3 is 53.0 Å². The number of aliphatic carboxylic acids is 1. The maximum atomic E-state index is 14.2. The smallest absolute Gasteiger partial charge is 0.326 e. The second kappa shape index (κ2) is 25.3. The van der Waals surface area contributed by atoms with Gasteiger partial charge in [-0.05, 0) is 81.3 Å². The third kappa shape index (κ3) is 16.6. The summed E-state index contributed by atoms with van der Waals surface area (Å²) < 4.78 is 0. The molecule has 0 spiro atoms. The van der Waals surface area contributed by atoms with Crippen LogP contribution in [0.15, 0.2) is 12.5 Å². The van der Waals surface area contributed by atoms with Gasteiger partial charge in [0, 0.05) is 24.9 Å². The van der Waals surface area contributed by atoms with E-state index in [4.69, 9.17) is 11.5 Å². The van der Waals surface area contributed by atoms with E-state index >= 15 is 0 Å². The Labute approximate surface area is 346 Å². The van der Waals surface area contributed by atoms with Gasteiger partial charge in [0.25, 0.3) is 0 Å². The highest BCUT2D eigenvalue weighted by molar-refractivity contribution is 7.98. The Morgan fingerprint density at radius 3 is 1.97 bits per heavy atom. The largest absolute Gasteiger partial charge is 0.480 e. The highest BCUT2D eigenvalue weighted by Crippen LogP contribution is 2.22. The summed E-state index contributed by atoms with van der Waals surface area (Å²) in [6, 6.07) is -7.15. The van der Waals surface area contributed by atoms with Gasteiger partial charge in [-0.2, -0.15) is 11.8 Å². The Morgan fingerprint density at radius 2 is 1.43 bits per heavy atom. The summed E-state index contributed by atoms with van der Waals surface area (Å²) in [5, 5.41) is 23.5. The molecule has 0 aromatic carbocycles. The number of carbonyl (C=O) groups is 7. The molecular formula is C39H68N10O8S. The van der Waals surface area contributed by atoms with Gasteiger partial charge >= 0.3 is 5.97 Å². The molecule has 11 N–H and O–H groups in total. The van der Waals surface area contributed by atoms with Gasteiger partial charge in [-0.1, -0.05) is 48.0 Å². The second-order valence-electron chi connectivity index (χ2n) is 16.2. The number of unbranched alkanes of at least 4 members (excludes halogenated alkanes) is 1. The zero-order valence-corrected chi connectivity index (χ0v) is 36.0. The van der Waals surface area contributed by atoms with Gasteiger partial charge in [0.1, 0.15) is 36.3 Å². The summed E-state index contributed by atoms with van der Waals surface area (Å²) >= 11 is 1.48. The third-order valence-corrected chi connectivity index (χ3v) is 10.5. The molecule has 2 heterocycles. The van der Waals surface area contributed by atoms with E-state index < -0.39 is 89.6 Å². The summed E-state index contributed by atoms with van der Waals surface area (Å²) in [7, 11) is 0. The molecule has 1 aliphatic rings. The fourth-order valence-electron chi connectivity index (χ4n) is 6.71. The number of carboxylic acids is 1. The van der Waals surface area contributed by atoms with E-state index in [0.29, 0.717) is 50.1 Å². The predicted octanol–water partition coefficient (Wildman–Crippen LogP) is 0.409. The van der Waals surface area contributed by atoms with Crippen molar-refractivity contribution in [2.45, 2.75) is 142 Å². The average Bonchev–Trinajstić information content (AvgIpc) is 3.86. The monoisotopic (exact) mass is 836 g/mol. The molecule has 0 radical (unpaired) electrons. The van der Waals surface area contributed by atoms with E-state index in [9.17, 15) is 38.7 Å². The van der Waals surface area contributed by atoms with Crippen LogP contribution < -0.4 is 38.1 Å². The minimum absolute atomic E-state index is 0.0285. The van der Waals surface area contributed by atoms with Crippen LogP contribution in [0, 0.1) is 17.8 Å². The van der Waals surface area contributed by atoms with Crippen LogP contribution in [0.3, 0.4) is 0 Å². The lowest BCUT2D eigenvalue weighted by Gasteiger charge is -2.32. The van der Waals surface area contributed by atoms with Crippen LogP contribution in [0.25, 0.3) is 0 Å². The molecule has 1 saturated heterocycles. The minimum Gasteiger partial charge on any atom is -0.480 e. The molecule has 328 valence electrons. The van der Waals surface area contributed by atoms with Crippen molar-refractivity contribution >= 4 is 53.2 Å². The van der Waals surface area contributed by atoms with Crippen molar-refractivity contribution in [1.82, 2.24) is 41.5 Å². The summed E-state index contributed by atoms with van der Waals surface area (Å²) in [6.07, 6.45) is 8.07. The van der Waals surface area contributed by atoms with Crippen molar-refractivity contribution < 1.29 is 38.7 Å².